The zero-order chi connectivity index (χ0) is 7.68. The summed E-state index contributed by atoms with van der Waals surface area (Å²) >= 11 is 0. The summed E-state index contributed by atoms with van der Waals surface area (Å²) in [7, 11) is 0. The number of aliphatic hydroxyl groups is 1. The Bertz CT molecular complexity index is 134. The maximum atomic E-state index is 9.24. The second-order valence-electron chi connectivity index (χ2n) is 3.98. The van der Waals surface area contributed by atoms with Gasteiger partial charge in [-0.3, -0.25) is 0 Å². The Morgan fingerprint density at radius 3 is 2.64 bits per heavy atom. The molecule has 2 rings (SSSR count). The van der Waals surface area contributed by atoms with Gasteiger partial charge in [0.25, 0.3) is 0 Å². The monoisotopic (exact) mass is 155 g/mol. The van der Waals surface area contributed by atoms with Crippen molar-refractivity contribution in [3.05, 3.63) is 0 Å². The first-order valence-electron chi connectivity index (χ1n) is 4.75. The van der Waals surface area contributed by atoms with Gasteiger partial charge < -0.3 is 10.0 Å². The number of β-amino-alcohol motifs (C(OH)–C–C–N with tert-alkyl or cyclic N) is 1. The summed E-state index contributed by atoms with van der Waals surface area (Å²) < 4.78 is 0. The number of hydrogen-bond donors (Lipinski definition) is 1. The zero-order valence-electron chi connectivity index (χ0n) is 7.00. The fraction of sp³-hybridized carbons (Fsp3) is 1.00. The Morgan fingerprint density at radius 2 is 2.09 bits per heavy atom. The minimum absolute atomic E-state index is 0.0331. The second kappa shape index (κ2) is 3.11. The van der Waals surface area contributed by atoms with Gasteiger partial charge in [-0.25, -0.2) is 0 Å². The van der Waals surface area contributed by atoms with E-state index in [1.165, 1.54) is 25.8 Å². The summed E-state index contributed by atoms with van der Waals surface area (Å²) in [5.41, 5.74) is 0. The Hall–Kier alpha value is -0.0800. The Balaban J connectivity index is 1.62. The second-order valence-corrected chi connectivity index (χ2v) is 3.98. The maximum absolute atomic E-state index is 9.24. The normalized spacial score (nSPS) is 33.0. The van der Waals surface area contributed by atoms with E-state index in [1.807, 2.05) is 0 Å². The highest BCUT2D eigenvalue weighted by atomic mass is 16.3. The van der Waals surface area contributed by atoms with Crippen LogP contribution in [0.15, 0.2) is 0 Å². The summed E-state index contributed by atoms with van der Waals surface area (Å²) in [6.45, 7) is 3.27. The van der Waals surface area contributed by atoms with Crippen molar-refractivity contribution >= 4 is 0 Å². The first kappa shape index (κ1) is 7.56. The van der Waals surface area contributed by atoms with Gasteiger partial charge in [-0.2, -0.15) is 0 Å². The number of hydrogen-bond acceptors (Lipinski definition) is 2. The molecule has 0 amide bonds. The van der Waals surface area contributed by atoms with E-state index in [4.69, 9.17) is 0 Å². The summed E-state index contributed by atoms with van der Waals surface area (Å²) in [5.74, 6) is 1.03. The average Bonchev–Trinajstić information content (AvgIpc) is 2.72. The van der Waals surface area contributed by atoms with E-state index in [9.17, 15) is 5.11 Å². The molecular formula is C9H17NO. The molecule has 1 atom stereocenters. The predicted molar refractivity (Wildman–Crippen MR) is 44.4 cm³/mol. The molecule has 1 saturated heterocycles. The van der Waals surface area contributed by atoms with Crippen molar-refractivity contribution in [2.75, 3.05) is 19.6 Å². The van der Waals surface area contributed by atoms with Gasteiger partial charge in [-0.05, 0) is 25.3 Å². The molecule has 1 N–H and O–H groups in total. The molecule has 0 radical (unpaired) electrons. The lowest BCUT2D eigenvalue weighted by Crippen LogP contribution is -2.23. The third-order valence-corrected chi connectivity index (χ3v) is 2.80. The van der Waals surface area contributed by atoms with Gasteiger partial charge in [0.15, 0.2) is 0 Å². The lowest BCUT2D eigenvalue weighted by atomic mass is 10.3. The molecule has 0 unspecified atom stereocenters. The van der Waals surface area contributed by atoms with Crippen LogP contribution in [0.4, 0.5) is 0 Å². The minimum atomic E-state index is -0.0331. The van der Waals surface area contributed by atoms with Crippen LogP contribution in [0.25, 0.3) is 0 Å². The smallest absolute Gasteiger partial charge is 0.0679 e. The van der Waals surface area contributed by atoms with Crippen LogP contribution < -0.4 is 0 Å². The molecule has 0 aromatic carbocycles. The van der Waals surface area contributed by atoms with Crippen molar-refractivity contribution in [2.45, 2.75) is 31.8 Å². The van der Waals surface area contributed by atoms with E-state index < -0.39 is 0 Å². The summed E-state index contributed by atoms with van der Waals surface area (Å²) in [5, 5.41) is 9.24. The molecule has 0 aromatic heterocycles. The molecule has 0 bridgehead atoms. The molecule has 1 aliphatic heterocycles. The highest BCUT2D eigenvalue weighted by Crippen LogP contribution is 2.32. The van der Waals surface area contributed by atoms with E-state index in [2.05, 4.69) is 4.90 Å². The zero-order valence-corrected chi connectivity index (χ0v) is 7.00. The van der Waals surface area contributed by atoms with Gasteiger partial charge in [0, 0.05) is 13.1 Å². The summed E-state index contributed by atoms with van der Waals surface area (Å²) in [6.07, 6.45) is 5.23. The molecular weight excluding hydrogens is 138 g/mol. The molecule has 1 aliphatic carbocycles. The Kier molecular flexibility index (Phi) is 2.14. The van der Waals surface area contributed by atoms with E-state index in [0.29, 0.717) is 0 Å². The largest absolute Gasteiger partial charge is 0.392 e. The van der Waals surface area contributed by atoms with Crippen molar-refractivity contribution in [3.63, 3.8) is 0 Å². The molecule has 11 heavy (non-hydrogen) atoms. The fourth-order valence-corrected chi connectivity index (χ4v) is 1.79. The number of rotatable bonds is 3. The van der Waals surface area contributed by atoms with Gasteiger partial charge in [0.1, 0.15) is 0 Å². The number of likely N-dealkylation sites (tertiary alicyclic amines) is 1. The molecule has 0 spiro atoms. The maximum Gasteiger partial charge on any atom is 0.0679 e. The van der Waals surface area contributed by atoms with Crippen molar-refractivity contribution in [1.82, 2.24) is 4.90 Å². The molecule has 2 aliphatic rings. The Morgan fingerprint density at radius 1 is 1.27 bits per heavy atom. The van der Waals surface area contributed by atoms with Crippen LogP contribution in [-0.4, -0.2) is 35.7 Å². The van der Waals surface area contributed by atoms with Crippen LogP contribution in [0.5, 0.6) is 0 Å². The molecule has 1 heterocycles. The van der Waals surface area contributed by atoms with Crippen LogP contribution in [0.2, 0.25) is 0 Å². The van der Waals surface area contributed by atoms with Crippen molar-refractivity contribution in [3.8, 4) is 0 Å². The van der Waals surface area contributed by atoms with Crippen LogP contribution in [-0.2, 0) is 0 Å². The molecule has 0 aromatic rings. The third kappa shape index (κ3) is 2.17. The van der Waals surface area contributed by atoms with Crippen molar-refractivity contribution in [2.24, 2.45) is 5.92 Å². The highest BCUT2D eigenvalue weighted by Gasteiger charge is 2.24. The van der Waals surface area contributed by atoms with Crippen molar-refractivity contribution in [1.29, 1.82) is 0 Å². The molecule has 1 saturated carbocycles. The SMILES string of the molecule is O[C@@H]1CCN(CCC2CC2)C1. The topological polar surface area (TPSA) is 23.5 Å². The van der Waals surface area contributed by atoms with Crippen LogP contribution in [0.3, 0.4) is 0 Å². The summed E-state index contributed by atoms with van der Waals surface area (Å²) in [6, 6.07) is 0. The predicted octanol–water partition coefficient (Wildman–Crippen LogP) is 0.853. The first-order chi connectivity index (χ1) is 5.34. The van der Waals surface area contributed by atoms with E-state index >= 15 is 0 Å². The third-order valence-electron chi connectivity index (χ3n) is 2.80. The van der Waals surface area contributed by atoms with Gasteiger partial charge in [0.05, 0.1) is 6.10 Å². The number of aliphatic hydroxyl groups excluding tert-OH is 1. The van der Waals surface area contributed by atoms with Gasteiger partial charge in [-0.1, -0.05) is 12.8 Å². The molecule has 2 heteroatoms. The highest BCUT2D eigenvalue weighted by molar-refractivity contribution is 4.78. The van der Waals surface area contributed by atoms with E-state index in [0.717, 1.165) is 25.4 Å². The fourth-order valence-electron chi connectivity index (χ4n) is 1.79. The molecule has 2 fully saturated rings. The van der Waals surface area contributed by atoms with E-state index in [1.54, 1.807) is 0 Å². The quantitative estimate of drug-likeness (QED) is 0.653. The molecule has 2 nitrogen and oxygen atoms in total. The molecule has 64 valence electrons. The van der Waals surface area contributed by atoms with Gasteiger partial charge in [0.2, 0.25) is 0 Å². The standard InChI is InChI=1S/C9H17NO/c11-9-4-6-10(7-9)5-3-8-1-2-8/h8-9,11H,1-7H2/t9-/m1/s1. The minimum Gasteiger partial charge on any atom is -0.392 e. The Labute approximate surface area is 68.2 Å². The lowest BCUT2D eigenvalue weighted by molar-refractivity contribution is 0.175. The number of nitrogens with zero attached hydrogens (tertiary/aromatic N) is 1. The van der Waals surface area contributed by atoms with Crippen LogP contribution in [0, 0.1) is 5.92 Å². The first-order valence-corrected chi connectivity index (χ1v) is 4.75. The van der Waals surface area contributed by atoms with Crippen LogP contribution >= 0.6 is 0 Å². The lowest BCUT2D eigenvalue weighted by Gasteiger charge is -2.13. The van der Waals surface area contributed by atoms with E-state index in [-0.39, 0.29) is 6.10 Å². The van der Waals surface area contributed by atoms with Gasteiger partial charge in [-0.15, -0.1) is 0 Å². The van der Waals surface area contributed by atoms with Crippen LogP contribution in [0.1, 0.15) is 25.7 Å². The van der Waals surface area contributed by atoms with Gasteiger partial charge >= 0.3 is 0 Å². The average molecular weight is 155 g/mol. The summed E-state index contributed by atoms with van der Waals surface area (Å²) in [4.78, 5) is 2.39. The van der Waals surface area contributed by atoms with Crippen molar-refractivity contribution < 1.29 is 5.11 Å².